The first-order chi connectivity index (χ1) is 15.2. The SMILES string of the molecule is O=C(c1cc(Cl)cc(C(F)(F)F)c1)N1CCC2(CC1)Oc1cc(Cl)ccc1-n1cccc12. The van der Waals surface area contributed by atoms with Crippen LogP contribution in [0.2, 0.25) is 10.0 Å². The molecule has 0 N–H and O–H groups in total. The highest BCUT2D eigenvalue weighted by Gasteiger charge is 2.45. The Balaban J connectivity index is 1.40. The average molecular weight is 481 g/mol. The maximum absolute atomic E-state index is 13.1. The van der Waals surface area contributed by atoms with Gasteiger partial charge in [0.1, 0.15) is 5.75 Å². The lowest BCUT2D eigenvalue weighted by atomic mass is 9.86. The first-order valence-electron chi connectivity index (χ1n) is 10.0. The molecule has 0 atom stereocenters. The number of carbonyl (C=O) groups excluding carboxylic acids is 1. The summed E-state index contributed by atoms with van der Waals surface area (Å²) in [5, 5.41) is 0.433. The van der Waals surface area contributed by atoms with Crippen LogP contribution in [0.25, 0.3) is 5.69 Å². The number of benzene rings is 2. The lowest BCUT2D eigenvalue weighted by Crippen LogP contribution is -2.50. The number of nitrogens with zero attached hydrogens (tertiary/aromatic N) is 2. The lowest BCUT2D eigenvalue weighted by Gasteiger charge is -2.45. The summed E-state index contributed by atoms with van der Waals surface area (Å²) >= 11 is 12.0. The standard InChI is InChI=1S/C23H17Cl2F3N2O2/c24-16-3-4-18-19(13-16)32-22(20-2-1-7-30(18)20)5-8-29(9-6-22)21(31)14-10-15(23(26,27)28)12-17(25)11-14/h1-4,7,10-13H,5-6,8-9H2. The average Bonchev–Trinajstić information content (AvgIpc) is 3.24. The third-order valence-electron chi connectivity index (χ3n) is 6.03. The van der Waals surface area contributed by atoms with Gasteiger partial charge in [-0.05, 0) is 42.5 Å². The first-order valence-corrected chi connectivity index (χ1v) is 10.8. The van der Waals surface area contributed by atoms with Crippen LogP contribution in [0.15, 0.2) is 54.7 Å². The molecular weight excluding hydrogens is 464 g/mol. The van der Waals surface area contributed by atoms with E-state index in [4.69, 9.17) is 27.9 Å². The normalized spacial score (nSPS) is 17.0. The van der Waals surface area contributed by atoms with Crippen molar-refractivity contribution >= 4 is 29.1 Å². The summed E-state index contributed by atoms with van der Waals surface area (Å²) in [5.41, 5.74) is 0.192. The first kappa shape index (κ1) is 21.2. The van der Waals surface area contributed by atoms with Crippen molar-refractivity contribution in [2.75, 3.05) is 13.1 Å². The number of piperidine rings is 1. The van der Waals surface area contributed by atoms with Crippen LogP contribution in [0, 0.1) is 0 Å². The molecule has 32 heavy (non-hydrogen) atoms. The van der Waals surface area contributed by atoms with Gasteiger partial charge in [-0.2, -0.15) is 13.2 Å². The number of aromatic nitrogens is 1. The molecule has 0 radical (unpaired) electrons. The van der Waals surface area contributed by atoms with Crippen LogP contribution in [-0.4, -0.2) is 28.5 Å². The van der Waals surface area contributed by atoms with Gasteiger partial charge >= 0.3 is 6.18 Å². The second-order valence-corrected chi connectivity index (χ2v) is 8.86. The molecule has 3 aromatic rings. The highest BCUT2D eigenvalue weighted by atomic mass is 35.5. The molecule has 166 valence electrons. The number of hydrogen-bond donors (Lipinski definition) is 0. The van der Waals surface area contributed by atoms with E-state index in [2.05, 4.69) is 4.57 Å². The topological polar surface area (TPSA) is 34.5 Å². The lowest BCUT2D eigenvalue weighted by molar-refractivity contribution is -0.137. The number of ether oxygens (including phenoxy) is 1. The summed E-state index contributed by atoms with van der Waals surface area (Å²) < 4.78 is 47.9. The molecule has 4 nitrogen and oxygen atoms in total. The molecule has 2 aromatic carbocycles. The number of hydrogen-bond acceptors (Lipinski definition) is 2. The molecule has 1 amide bonds. The predicted molar refractivity (Wildman–Crippen MR) is 115 cm³/mol. The molecule has 0 aliphatic carbocycles. The molecule has 9 heteroatoms. The van der Waals surface area contributed by atoms with Crippen molar-refractivity contribution < 1.29 is 22.7 Å². The van der Waals surface area contributed by atoms with Crippen LogP contribution in [0.1, 0.15) is 34.5 Å². The van der Waals surface area contributed by atoms with Gasteiger partial charge in [0, 0.05) is 53.8 Å². The minimum absolute atomic E-state index is 0.0779. The number of rotatable bonds is 1. The van der Waals surface area contributed by atoms with E-state index in [0.29, 0.717) is 36.7 Å². The third-order valence-corrected chi connectivity index (χ3v) is 6.49. The molecule has 2 aliphatic rings. The molecule has 0 bridgehead atoms. The van der Waals surface area contributed by atoms with Gasteiger partial charge in [0.25, 0.3) is 5.91 Å². The molecule has 2 aliphatic heterocycles. The Kier molecular flexibility index (Phi) is 4.94. The number of amides is 1. The molecule has 5 rings (SSSR count). The van der Waals surface area contributed by atoms with E-state index >= 15 is 0 Å². The number of fused-ring (bicyclic) bond motifs is 4. The fourth-order valence-electron chi connectivity index (χ4n) is 4.48. The summed E-state index contributed by atoms with van der Waals surface area (Å²) in [6, 6.07) is 12.3. The predicted octanol–water partition coefficient (Wildman–Crippen LogP) is 6.33. The molecule has 1 spiro atoms. The van der Waals surface area contributed by atoms with Gasteiger partial charge in [-0.15, -0.1) is 0 Å². The van der Waals surface area contributed by atoms with Crippen molar-refractivity contribution in [3.63, 3.8) is 0 Å². The Morgan fingerprint density at radius 2 is 1.75 bits per heavy atom. The zero-order valence-electron chi connectivity index (χ0n) is 16.6. The summed E-state index contributed by atoms with van der Waals surface area (Å²) in [5.74, 6) is 0.174. The highest BCUT2D eigenvalue weighted by molar-refractivity contribution is 6.31. The summed E-state index contributed by atoms with van der Waals surface area (Å²) in [6.07, 6.45) is -1.65. The number of carbonyl (C=O) groups is 1. The Morgan fingerprint density at radius 1 is 1.00 bits per heavy atom. The van der Waals surface area contributed by atoms with Crippen molar-refractivity contribution in [1.82, 2.24) is 9.47 Å². The Hall–Kier alpha value is -2.64. The summed E-state index contributed by atoms with van der Waals surface area (Å²) in [4.78, 5) is 14.5. The molecule has 1 aromatic heterocycles. The van der Waals surface area contributed by atoms with E-state index in [1.165, 1.54) is 6.07 Å². The van der Waals surface area contributed by atoms with Gasteiger partial charge in [0.2, 0.25) is 0 Å². The molecule has 0 unspecified atom stereocenters. The largest absolute Gasteiger partial charge is 0.479 e. The van der Waals surface area contributed by atoms with Gasteiger partial charge in [-0.1, -0.05) is 23.2 Å². The van der Waals surface area contributed by atoms with Gasteiger partial charge in [-0.25, -0.2) is 0 Å². The van der Waals surface area contributed by atoms with Gasteiger partial charge < -0.3 is 14.2 Å². The third kappa shape index (κ3) is 3.53. The van der Waals surface area contributed by atoms with E-state index in [1.54, 1.807) is 17.0 Å². The van der Waals surface area contributed by atoms with Crippen LogP contribution in [0.4, 0.5) is 13.2 Å². The van der Waals surface area contributed by atoms with Crippen LogP contribution in [0.5, 0.6) is 5.75 Å². The van der Waals surface area contributed by atoms with E-state index in [-0.39, 0.29) is 10.6 Å². The fourth-order valence-corrected chi connectivity index (χ4v) is 4.88. The Labute approximate surface area is 192 Å². The van der Waals surface area contributed by atoms with Crippen molar-refractivity contribution in [3.05, 3.63) is 81.6 Å². The minimum atomic E-state index is -4.58. The second kappa shape index (κ2) is 7.46. The van der Waals surface area contributed by atoms with Crippen molar-refractivity contribution in [1.29, 1.82) is 0 Å². The molecular formula is C23H17Cl2F3N2O2. The van der Waals surface area contributed by atoms with Crippen LogP contribution < -0.4 is 4.74 Å². The van der Waals surface area contributed by atoms with E-state index in [0.717, 1.165) is 23.5 Å². The van der Waals surface area contributed by atoms with Gasteiger partial charge in [0.05, 0.1) is 16.9 Å². The highest BCUT2D eigenvalue weighted by Crippen LogP contribution is 2.46. The van der Waals surface area contributed by atoms with Crippen molar-refractivity contribution in [3.8, 4) is 11.4 Å². The smallest absolute Gasteiger partial charge is 0.416 e. The Bertz CT molecular complexity index is 1210. The van der Waals surface area contributed by atoms with Gasteiger partial charge in [-0.3, -0.25) is 4.79 Å². The van der Waals surface area contributed by atoms with E-state index in [1.807, 2.05) is 24.4 Å². The van der Waals surface area contributed by atoms with Crippen LogP contribution in [0.3, 0.4) is 0 Å². The van der Waals surface area contributed by atoms with Crippen molar-refractivity contribution in [2.45, 2.75) is 24.6 Å². The monoisotopic (exact) mass is 480 g/mol. The molecule has 1 fully saturated rings. The number of alkyl halides is 3. The maximum atomic E-state index is 13.1. The minimum Gasteiger partial charge on any atom is -0.479 e. The van der Waals surface area contributed by atoms with Crippen LogP contribution >= 0.6 is 23.2 Å². The molecule has 0 saturated carbocycles. The fraction of sp³-hybridized carbons (Fsp3) is 0.261. The zero-order chi connectivity index (χ0) is 22.7. The molecule has 3 heterocycles. The molecule has 1 saturated heterocycles. The van der Waals surface area contributed by atoms with Crippen molar-refractivity contribution in [2.24, 2.45) is 0 Å². The number of halogens is 5. The second-order valence-electron chi connectivity index (χ2n) is 7.99. The quantitative estimate of drug-likeness (QED) is 0.408. The summed E-state index contributed by atoms with van der Waals surface area (Å²) in [6.45, 7) is 0.654. The number of likely N-dealkylation sites (tertiary alicyclic amines) is 1. The van der Waals surface area contributed by atoms with E-state index in [9.17, 15) is 18.0 Å². The van der Waals surface area contributed by atoms with E-state index < -0.39 is 23.2 Å². The Morgan fingerprint density at radius 3 is 2.47 bits per heavy atom. The zero-order valence-corrected chi connectivity index (χ0v) is 18.1. The summed E-state index contributed by atoms with van der Waals surface area (Å²) in [7, 11) is 0. The maximum Gasteiger partial charge on any atom is 0.416 e. The van der Waals surface area contributed by atoms with Crippen LogP contribution in [-0.2, 0) is 11.8 Å². The van der Waals surface area contributed by atoms with Gasteiger partial charge in [0.15, 0.2) is 5.60 Å².